The first-order chi connectivity index (χ1) is 8.75. The van der Waals surface area contributed by atoms with Crippen molar-refractivity contribution in [1.82, 2.24) is 9.88 Å². The van der Waals surface area contributed by atoms with E-state index in [0.29, 0.717) is 11.3 Å². The van der Waals surface area contributed by atoms with Gasteiger partial charge in [-0.05, 0) is 32.9 Å². The Morgan fingerprint density at radius 3 is 2.53 bits per heavy atom. The van der Waals surface area contributed by atoms with Gasteiger partial charge in [0.25, 0.3) is 0 Å². The minimum absolute atomic E-state index is 0.0717. The number of hydrogen-bond donors (Lipinski definition) is 2. The van der Waals surface area contributed by atoms with E-state index in [1.807, 2.05) is 6.07 Å². The summed E-state index contributed by atoms with van der Waals surface area (Å²) in [6, 6.07) is 4.98. The third-order valence-corrected chi connectivity index (χ3v) is 2.65. The van der Waals surface area contributed by atoms with E-state index in [0.717, 1.165) is 4.90 Å². The molecule has 0 aromatic carbocycles. The summed E-state index contributed by atoms with van der Waals surface area (Å²) >= 11 is 0. The van der Waals surface area contributed by atoms with Crippen LogP contribution in [0.25, 0.3) is 0 Å². The molecule has 2 N–H and O–H groups in total. The Labute approximate surface area is 111 Å². The number of pyridine rings is 1. The van der Waals surface area contributed by atoms with Crippen LogP contribution in [-0.4, -0.2) is 38.3 Å². The van der Waals surface area contributed by atoms with Gasteiger partial charge in [-0.15, -0.1) is 0 Å². The molecule has 1 aromatic heterocycles. The zero-order valence-electron chi connectivity index (χ0n) is 11.2. The first kappa shape index (κ1) is 14.9. The molecule has 1 amide bonds. The van der Waals surface area contributed by atoms with Gasteiger partial charge in [-0.3, -0.25) is 4.98 Å². The first-order valence-corrected chi connectivity index (χ1v) is 5.80. The van der Waals surface area contributed by atoms with Crippen molar-refractivity contribution in [3.63, 3.8) is 0 Å². The van der Waals surface area contributed by atoms with E-state index >= 15 is 0 Å². The molecule has 0 spiro atoms. The zero-order valence-corrected chi connectivity index (χ0v) is 11.2. The number of β-amino-alcohol motifs (C(OH)–C–C–N with tert-alkyl or cyclic N) is 1. The molecule has 0 saturated heterocycles. The lowest BCUT2D eigenvalue weighted by Crippen LogP contribution is -2.47. The maximum absolute atomic E-state index is 11.2. The average molecular weight is 263 g/mol. The summed E-state index contributed by atoms with van der Waals surface area (Å²) in [5, 5.41) is 27.8. The van der Waals surface area contributed by atoms with E-state index in [1.54, 1.807) is 20.8 Å². The summed E-state index contributed by atoms with van der Waals surface area (Å²) in [6.45, 7) is 5.18. The van der Waals surface area contributed by atoms with Gasteiger partial charge in [0.05, 0.1) is 17.8 Å². The van der Waals surface area contributed by atoms with E-state index in [9.17, 15) is 9.90 Å². The number of aliphatic hydroxyl groups excluding tert-OH is 1. The van der Waals surface area contributed by atoms with Crippen LogP contribution in [0, 0.1) is 11.3 Å². The second-order valence-corrected chi connectivity index (χ2v) is 5.16. The minimum Gasteiger partial charge on any atom is -0.465 e. The van der Waals surface area contributed by atoms with E-state index in [4.69, 9.17) is 10.4 Å². The SMILES string of the molecule is CC(C)(C)N(CC(O)c1ccc(C#N)cn1)C(=O)O. The molecule has 0 saturated carbocycles. The highest BCUT2D eigenvalue weighted by Crippen LogP contribution is 2.19. The number of rotatable bonds is 3. The molecule has 0 aliphatic heterocycles. The van der Waals surface area contributed by atoms with Crippen LogP contribution in [0.4, 0.5) is 4.79 Å². The van der Waals surface area contributed by atoms with Gasteiger partial charge in [-0.2, -0.15) is 5.26 Å². The Kier molecular flexibility index (Phi) is 4.46. The molecule has 0 aliphatic rings. The monoisotopic (exact) mass is 263 g/mol. The van der Waals surface area contributed by atoms with Gasteiger partial charge in [0.2, 0.25) is 0 Å². The summed E-state index contributed by atoms with van der Waals surface area (Å²) in [4.78, 5) is 16.3. The predicted octanol–water partition coefficient (Wildman–Crippen LogP) is 1.77. The zero-order chi connectivity index (χ0) is 14.6. The molecule has 0 bridgehead atoms. The Hall–Kier alpha value is -2.13. The predicted molar refractivity (Wildman–Crippen MR) is 68.4 cm³/mol. The number of aromatic nitrogens is 1. The number of amides is 1. The summed E-state index contributed by atoms with van der Waals surface area (Å²) in [5.74, 6) is 0. The Morgan fingerprint density at radius 2 is 2.16 bits per heavy atom. The van der Waals surface area contributed by atoms with Crippen LogP contribution >= 0.6 is 0 Å². The van der Waals surface area contributed by atoms with Gasteiger partial charge in [0.1, 0.15) is 12.2 Å². The number of carboxylic acid groups (broad SMARTS) is 1. The summed E-state index contributed by atoms with van der Waals surface area (Å²) in [6.07, 6.45) is -0.774. The van der Waals surface area contributed by atoms with Crippen molar-refractivity contribution < 1.29 is 15.0 Å². The fraction of sp³-hybridized carbons (Fsp3) is 0.462. The van der Waals surface area contributed by atoms with Crippen LogP contribution < -0.4 is 0 Å². The fourth-order valence-corrected chi connectivity index (χ4v) is 1.57. The van der Waals surface area contributed by atoms with Crippen molar-refractivity contribution in [3.05, 3.63) is 29.6 Å². The molecule has 1 atom stereocenters. The largest absolute Gasteiger partial charge is 0.465 e. The van der Waals surface area contributed by atoms with Crippen molar-refractivity contribution in [2.24, 2.45) is 0 Å². The quantitative estimate of drug-likeness (QED) is 0.866. The molecular formula is C13H17N3O3. The van der Waals surface area contributed by atoms with Crippen molar-refractivity contribution in [2.75, 3.05) is 6.54 Å². The highest BCUT2D eigenvalue weighted by Gasteiger charge is 2.28. The molecule has 1 heterocycles. The molecule has 1 rings (SSSR count). The maximum Gasteiger partial charge on any atom is 0.407 e. The number of carbonyl (C=O) groups is 1. The van der Waals surface area contributed by atoms with Crippen molar-refractivity contribution >= 4 is 6.09 Å². The molecule has 1 unspecified atom stereocenters. The third-order valence-electron chi connectivity index (χ3n) is 2.65. The molecule has 0 aliphatic carbocycles. The average Bonchev–Trinajstić information content (AvgIpc) is 2.34. The van der Waals surface area contributed by atoms with Crippen LogP contribution in [0.5, 0.6) is 0 Å². The van der Waals surface area contributed by atoms with Gasteiger partial charge in [0, 0.05) is 11.7 Å². The second kappa shape index (κ2) is 5.67. The maximum atomic E-state index is 11.2. The smallest absolute Gasteiger partial charge is 0.407 e. The lowest BCUT2D eigenvalue weighted by atomic mass is 10.1. The number of aliphatic hydroxyl groups is 1. The summed E-state index contributed by atoms with van der Waals surface area (Å²) in [5.41, 5.74) is 0.121. The molecule has 0 fully saturated rings. The minimum atomic E-state index is -1.10. The fourth-order valence-electron chi connectivity index (χ4n) is 1.57. The first-order valence-electron chi connectivity index (χ1n) is 5.80. The molecule has 102 valence electrons. The van der Waals surface area contributed by atoms with Crippen LogP contribution in [0.3, 0.4) is 0 Å². The molecule has 6 heteroatoms. The lowest BCUT2D eigenvalue weighted by molar-refractivity contribution is 0.0541. The third kappa shape index (κ3) is 3.93. The Bertz CT molecular complexity index is 485. The van der Waals surface area contributed by atoms with Crippen molar-refractivity contribution in [1.29, 1.82) is 5.26 Å². The van der Waals surface area contributed by atoms with Crippen LogP contribution in [-0.2, 0) is 0 Å². The Balaban J connectivity index is 2.85. The van der Waals surface area contributed by atoms with E-state index < -0.39 is 17.7 Å². The number of nitriles is 1. The van der Waals surface area contributed by atoms with E-state index in [2.05, 4.69) is 4.98 Å². The molecule has 19 heavy (non-hydrogen) atoms. The molecule has 1 aromatic rings. The topological polar surface area (TPSA) is 97.5 Å². The number of hydrogen-bond acceptors (Lipinski definition) is 4. The van der Waals surface area contributed by atoms with Gasteiger partial charge in [-0.1, -0.05) is 0 Å². The van der Waals surface area contributed by atoms with Crippen LogP contribution in [0.15, 0.2) is 18.3 Å². The van der Waals surface area contributed by atoms with E-state index in [1.165, 1.54) is 18.3 Å². The Morgan fingerprint density at radius 1 is 1.53 bits per heavy atom. The van der Waals surface area contributed by atoms with E-state index in [-0.39, 0.29) is 6.54 Å². The van der Waals surface area contributed by atoms with Crippen molar-refractivity contribution in [2.45, 2.75) is 32.4 Å². The van der Waals surface area contributed by atoms with Gasteiger partial charge < -0.3 is 15.1 Å². The second-order valence-electron chi connectivity index (χ2n) is 5.16. The van der Waals surface area contributed by atoms with Gasteiger partial charge in [0.15, 0.2) is 0 Å². The number of nitrogens with zero attached hydrogens (tertiary/aromatic N) is 3. The van der Waals surface area contributed by atoms with Gasteiger partial charge in [-0.25, -0.2) is 4.79 Å². The summed E-state index contributed by atoms with van der Waals surface area (Å²) < 4.78 is 0. The molecule has 6 nitrogen and oxygen atoms in total. The highest BCUT2D eigenvalue weighted by molar-refractivity contribution is 5.66. The highest BCUT2D eigenvalue weighted by atomic mass is 16.4. The van der Waals surface area contributed by atoms with Crippen molar-refractivity contribution in [3.8, 4) is 6.07 Å². The lowest BCUT2D eigenvalue weighted by Gasteiger charge is -2.34. The molecule has 0 radical (unpaired) electrons. The normalized spacial score (nSPS) is 12.6. The standard InChI is InChI=1S/C13H17N3O3/c1-13(2,3)16(12(18)19)8-11(17)10-5-4-9(6-14)7-15-10/h4-5,7,11,17H,8H2,1-3H3,(H,18,19). The van der Waals surface area contributed by atoms with Crippen LogP contribution in [0.1, 0.15) is 38.1 Å². The summed E-state index contributed by atoms with van der Waals surface area (Å²) in [7, 11) is 0. The van der Waals surface area contributed by atoms with Gasteiger partial charge >= 0.3 is 6.09 Å². The molecular weight excluding hydrogens is 246 g/mol. The van der Waals surface area contributed by atoms with Crippen LogP contribution in [0.2, 0.25) is 0 Å².